The second-order valence-electron chi connectivity index (χ2n) is 29.3. The predicted octanol–water partition coefficient (Wildman–Crippen LogP) is 10.0. The number of ether oxygens (including phenoxy) is 5. The molecule has 4 aliphatic heterocycles. The molecule has 83 heavy (non-hydrogen) atoms. The Balaban J connectivity index is 1.02. The van der Waals surface area contributed by atoms with E-state index in [0.717, 1.165) is 116 Å². The molecule has 0 aromatic rings. The van der Waals surface area contributed by atoms with Gasteiger partial charge in [-0.3, -0.25) is 48.6 Å². The molecule has 11 aliphatic rings. The molecule has 11 fully saturated rings. The Kier molecular flexibility index (Phi) is 18.3. The molecule has 0 radical (unpaired) electrons. The lowest BCUT2D eigenvalue weighted by Crippen LogP contribution is -2.58. The third kappa shape index (κ3) is 11.2. The first-order chi connectivity index (χ1) is 40.0. The van der Waals surface area contributed by atoms with Crippen molar-refractivity contribution in [1.29, 1.82) is 0 Å². The van der Waals surface area contributed by atoms with Crippen molar-refractivity contribution < 1.29 is 67.1 Å². The molecule has 22 unspecified atom stereocenters. The molecule has 7 saturated carbocycles. The maximum Gasteiger partial charge on any atom is 0.312 e. The molecular weight excluding hydrogens is 1060 g/mol. The third-order valence-electron chi connectivity index (χ3n) is 25.1. The van der Waals surface area contributed by atoms with Gasteiger partial charge in [0.1, 0.15) is 6.61 Å². The minimum atomic E-state index is -1.76. The minimum Gasteiger partial charge on any atom is -0.481 e. The fraction of sp³-hybridized carbons (Fsp3) is 0.881. The molecular formula is C67H100N2O14. The Morgan fingerprint density at radius 1 is 0.711 bits per heavy atom. The number of esters is 3. The van der Waals surface area contributed by atoms with E-state index in [9.17, 15) is 29.1 Å². The predicted molar refractivity (Wildman–Crippen MR) is 305 cm³/mol. The zero-order valence-electron chi connectivity index (χ0n) is 50.9. The van der Waals surface area contributed by atoms with Gasteiger partial charge in [-0.25, -0.2) is 0 Å². The number of rotatable bonds is 28. The van der Waals surface area contributed by atoms with Crippen LogP contribution in [0.1, 0.15) is 189 Å². The highest BCUT2D eigenvalue weighted by Crippen LogP contribution is 2.74. The van der Waals surface area contributed by atoms with Crippen LogP contribution in [-0.4, -0.2) is 109 Å². The van der Waals surface area contributed by atoms with E-state index in [4.69, 9.17) is 23.7 Å². The molecule has 0 spiro atoms. The summed E-state index contributed by atoms with van der Waals surface area (Å²) >= 11 is 0. The van der Waals surface area contributed by atoms with Crippen LogP contribution in [0.5, 0.6) is 0 Å². The van der Waals surface area contributed by atoms with E-state index < -0.39 is 82.5 Å². The summed E-state index contributed by atoms with van der Waals surface area (Å²) in [5.41, 5.74) is -1.97. The highest BCUT2D eigenvalue weighted by molar-refractivity contribution is 6.09. The Labute approximate surface area is 493 Å². The molecule has 22 atom stereocenters. The SMILES string of the molecule is CCCCOC(=O)C(C1C(=O)NC(=O)C1CC1C(=O)N(C2CCCCC2)C(=O)C1C)C(C)(C(=O)OCCCC)C1C2CC(CC2CCCCCCC2CO2)C1C1C2CC(CC2C(=O)OCC2(CC)COC2)C1C1C(C)C2CC(C(=O)O)C1C2. The van der Waals surface area contributed by atoms with Crippen LogP contribution in [0.3, 0.4) is 0 Å². The Bertz CT molecular complexity index is 2430. The number of nitrogens with zero attached hydrogens (tertiary/aromatic N) is 1. The molecule has 4 saturated heterocycles. The largest absolute Gasteiger partial charge is 0.481 e. The normalized spacial score (nSPS) is 40.4. The van der Waals surface area contributed by atoms with Gasteiger partial charge in [0.2, 0.25) is 23.6 Å². The van der Waals surface area contributed by atoms with E-state index in [-0.39, 0.29) is 126 Å². The van der Waals surface area contributed by atoms with Gasteiger partial charge in [-0.1, -0.05) is 98.8 Å². The fourth-order valence-electron chi connectivity index (χ4n) is 20.7. The van der Waals surface area contributed by atoms with Crippen LogP contribution in [0.25, 0.3) is 0 Å². The highest BCUT2D eigenvalue weighted by Gasteiger charge is 2.73. The Morgan fingerprint density at radius 3 is 2.01 bits per heavy atom. The lowest BCUT2D eigenvalue weighted by molar-refractivity contribution is -0.188. The van der Waals surface area contributed by atoms with E-state index in [1.165, 1.54) is 4.90 Å². The van der Waals surface area contributed by atoms with Gasteiger partial charge in [-0.05, 0) is 167 Å². The number of amides is 4. The van der Waals surface area contributed by atoms with E-state index in [1.54, 1.807) is 6.92 Å². The fourth-order valence-corrected chi connectivity index (χ4v) is 20.7. The molecule has 11 rings (SSSR count). The van der Waals surface area contributed by atoms with Gasteiger partial charge in [0.05, 0.1) is 85.5 Å². The average molecular weight is 1160 g/mol. The third-order valence-corrected chi connectivity index (χ3v) is 25.1. The minimum absolute atomic E-state index is 0.0219. The molecule has 7 aliphatic carbocycles. The maximum atomic E-state index is 16.4. The van der Waals surface area contributed by atoms with Crippen LogP contribution in [0.4, 0.5) is 0 Å². The number of carbonyl (C=O) groups excluding carboxylic acids is 7. The molecule has 0 aromatic heterocycles. The van der Waals surface area contributed by atoms with Crippen molar-refractivity contribution in [2.24, 2.45) is 129 Å². The van der Waals surface area contributed by atoms with Crippen LogP contribution >= 0.6 is 0 Å². The number of epoxide rings is 1. The average Bonchev–Trinajstić information content (AvgIpc) is 1.76. The van der Waals surface area contributed by atoms with Crippen molar-refractivity contribution in [1.82, 2.24) is 10.2 Å². The second-order valence-corrected chi connectivity index (χ2v) is 29.3. The van der Waals surface area contributed by atoms with Gasteiger partial charge in [0.15, 0.2) is 0 Å². The number of fused-ring (bicyclic) bond motifs is 6. The summed E-state index contributed by atoms with van der Waals surface area (Å²) in [6, 6.07) is -0.229. The molecule has 16 heteroatoms. The summed E-state index contributed by atoms with van der Waals surface area (Å²) < 4.78 is 30.5. The van der Waals surface area contributed by atoms with Crippen LogP contribution in [-0.2, 0) is 62.0 Å². The van der Waals surface area contributed by atoms with Gasteiger partial charge in [0, 0.05) is 12.0 Å². The first-order valence-electron chi connectivity index (χ1n) is 33.6. The highest BCUT2D eigenvalue weighted by atomic mass is 16.6. The van der Waals surface area contributed by atoms with E-state index >= 15 is 14.4 Å². The molecule has 4 heterocycles. The summed E-state index contributed by atoms with van der Waals surface area (Å²) in [5.74, 6) is -11.0. The number of carbonyl (C=O) groups is 8. The van der Waals surface area contributed by atoms with Crippen molar-refractivity contribution in [2.75, 3.05) is 39.6 Å². The van der Waals surface area contributed by atoms with Gasteiger partial charge < -0.3 is 28.8 Å². The molecule has 4 amide bonds. The first kappa shape index (κ1) is 60.8. The zero-order valence-corrected chi connectivity index (χ0v) is 50.9. The lowest BCUT2D eigenvalue weighted by atomic mass is 9.48. The number of unbranched alkanes of at least 4 members (excludes halogenated alkanes) is 5. The van der Waals surface area contributed by atoms with E-state index in [2.05, 4.69) is 19.2 Å². The first-order valence-corrected chi connectivity index (χ1v) is 33.6. The quantitative estimate of drug-likeness (QED) is 0.0245. The van der Waals surface area contributed by atoms with Crippen LogP contribution in [0, 0.1) is 129 Å². The summed E-state index contributed by atoms with van der Waals surface area (Å²) in [4.78, 5) is 121. The number of nitrogens with one attached hydrogen (secondary N) is 1. The van der Waals surface area contributed by atoms with E-state index in [1.807, 2.05) is 20.8 Å². The van der Waals surface area contributed by atoms with Gasteiger partial charge in [0.25, 0.3) is 0 Å². The van der Waals surface area contributed by atoms with Gasteiger partial charge >= 0.3 is 23.9 Å². The van der Waals surface area contributed by atoms with Gasteiger partial charge in [-0.2, -0.15) is 0 Å². The number of carboxylic acid groups (broad SMARTS) is 1. The van der Waals surface area contributed by atoms with Crippen molar-refractivity contribution in [2.45, 2.75) is 201 Å². The monoisotopic (exact) mass is 1160 g/mol. The molecule has 462 valence electrons. The number of likely N-dealkylation sites (tertiary alicyclic amines) is 1. The zero-order chi connectivity index (χ0) is 58.6. The summed E-state index contributed by atoms with van der Waals surface area (Å²) in [7, 11) is 0. The van der Waals surface area contributed by atoms with Crippen LogP contribution < -0.4 is 5.32 Å². The molecule has 2 N–H and O–H groups in total. The number of hydrogen-bond donors (Lipinski definition) is 2. The number of carboxylic acids is 1. The van der Waals surface area contributed by atoms with Crippen molar-refractivity contribution in [3.8, 4) is 0 Å². The topological polar surface area (TPSA) is 222 Å². The maximum absolute atomic E-state index is 16.4. The Morgan fingerprint density at radius 2 is 1.36 bits per heavy atom. The van der Waals surface area contributed by atoms with Crippen molar-refractivity contribution in [3.05, 3.63) is 0 Å². The van der Waals surface area contributed by atoms with Crippen molar-refractivity contribution in [3.63, 3.8) is 0 Å². The van der Waals surface area contributed by atoms with Crippen LogP contribution in [0.15, 0.2) is 0 Å². The second kappa shape index (κ2) is 25.1. The lowest BCUT2D eigenvalue weighted by Gasteiger charge is -2.54. The summed E-state index contributed by atoms with van der Waals surface area (Å²) in [6.45, 7) is 14.4. The molecule has 0 aromatic carbocycles. The standard InChI is InChI=1S/C67H100N2O14/c1-7-10-23-80-64(77)57(55-50(58(70)68-59(55)71)31-44-37(5)60(72)69(61(44)73)42-20-16-14-17-21-42)66(6,65(78)81-24-11-8-2)56-45-28-40(25-38(45)19-15-12-13-18-22-43-32-82-43)53(56)54-47-29-41(30-49(47)63(76)83-35-67(9-3)33-79-34-67)52(54)51-36(4)39-26-46(51)48(27-39)62(74)75/h36-57H,7-35H2,1-6H3,(H,74,75)(H,68,70,71). The van der Waals surface area contributed by atoms with Crippen LogP contribution in [0.2, 0.25) is 0 Å². The van der Waals surface area contributed by atoms with E-state index in [0.29, 0.717) is 51.4 Å². The smallest absolute Gasteiger partial charge is 0.312 e. The molecule has 6 bridgehead atoms. The van der Waals surface area contributed by atoms with Crippen molar-refractivity contribution >= 4 is 47.5 Å². The van der Waals surface area contributed by atoms with Gasteiger partial charge in [-0.15, -0.1) is 0 Å². The summed E-state index contributed by atoms with van der Waals surface area (Å²) in [5, 5.41) is 13.4. The number of hydrogen-bond acceptors (Lipinski definition) is 13. The number of imide groups is 2. The molecule has 16 nitrogen and oxygen atoms in total. The Hall–Kier alpha value is -3.92. The number of aliphatic carboxylic acids is 1. The summed E-state index contributed by atoms with van der Waals surface area (Å²) in [6.07, 6.45) is 18.8.